The monoisotopic (exact) mass is 635 g/mol. The maximum Gasteiger partial charge on any atom is 0.435 e. The van der Waals surface area contributed by atoms with Crippen molar-refractivity contribution >= 4 is 38.9 Å². The minimum Gasteiger partial charge on any atom is -0.394 e. The first-order valence-electron chi connectivity index (χ1n) is 10.9. The minimum atomic E-state index is -4.77. The van der Waals surface area contributed by atoms with Crippen molar-refractivity contribution in [1.29, 1.82) is 0 Å². The summed E-state index contributed by atoms with van der Waals surface area (Å²) in [7, 11) is 1.36. The molecule has 17 heteroatoms. The van der Waals surface area contributed by atoms with Gasteiger partial charge in [0.1, 0.15) is 46.3 Å². The van der Waals surface area contributed by atoms with Crippen molar-refractivity contribution in [3.05, 3.63) is 57.1 Å². The van der Waals surface area contributed by atoms with Gasteiger partial charge in [-0.25, -0.2) is 19.3 Å². The number of thiazole rings is 1. The molecule has 5 atom stereocenters. The van der Waals surface area contributed by atoms with E-state index in [9.17, 15) is 23.4 Å². The summed E-state index contributed by atoms with van der Waals surface area (Å²) >= 11 is 10.3. The van der Waals surface area contributed by atoms with Crippen LogP contribution in [-0.2, 0) is 15.7 Å². The highest BCUT2D eigenvalue weighted by Crippen LogP contribution is 2.42. The molecule has 1 fully saturated rings. The van der Waals surface area contributed by atoms with Crippen molar-refractivity contribution in [1.82, 2.24) is 34.7 Å². The quantitative estimate of drug-likeness (QED) is 0.326. The van der Waals surface area contributed by atoms with Gasteiger partial charge in [-0.3, -0.25) is 0 Å². The van der Waals surface area contributed by atoms with Crippen molar-refractivity contribution in [3.63, 3.8) is 0 Å². The Morgan fingerprint density at radius 3 is 2.79 bits per heavy atom. The second-order valence-corrected chi connectivity index (χ2v) is 10.4. The number of aliphatic hydroxyl groups excluding tert-OH is 2. The zero-order valence-corrected chi connectivity index (χ0v) is 22.4. The van der Waals surface area contributed by atoms with Crippen molar-refractivity contribution < 1.29 is 32.9 Å². The smallest absolute Gasteiger partial charge is 0.394 e. The number of pyridine rings is 1. The SMILES string of the molecule is CO[C@@H]1[C@@H](n2cc(-c3nc(Cl)cs3)nn2)[C@@H](O)[C@@H](CO)O[C@H]1c1ccnn1-c1cc(Br)cnc1C(F)(F)F. The average Bonchev–Trinajstić information content (AvgIpc) is 3.63. The molecular formula is C21H18BrClF3N7O4S. The first-order chi connectivity index (χ1) is 18.1. The number of halogens is 5. The Morgan fingerprint density at radius 2 is 2.13 bits per heavy atom. The molecule has 0 spiro atoms. The highest BCUT2D eigenvalue weighted by molar-refractivity contribution is 9.10. The standard InChI is InChI=1S/C21H18BrClF3N7O4S/c1-36-18-15(32-6-10(30-31-32)20-29-14(23)8-38-20)16(35)13(7-34)37-17(18)11-2-3-28-33(11)12-4-9(22)5-27-19(12)21(24,25)26/h2-6,8,13,15-18,34-35H,7H2,1H3/t13-,15+,16+,17+,18-/m1/s1. The summed E-state index contributed by atoms with van der Waals surface area (Å²) in [6.07, 6.45) is -5.42. The fourth-order valence-electron chi connectivity index (χ4n) is 4.33. The highest BCUT2D eigenvalue weighted by Gasteiger charge is 2.49. The van der Waals surface area contributed by atoms with Crippen LogP contribution in [0.25, 0.3) is 16.4 Å². The maximum atomic E-state index is 13.8. The number of aromatic nitrogens is 7. The Bertz CT molecular complexity index is 1430. The van der Waals surface area contributed by atoms with Gasteiger partial charge >= 0.3 is 6.18 Å². The summed E-state index contributed by atoms with van der Waals surface area (Å²) in [6, 6.07) is 1.74. The van der Waals surface area contributed by atoms with Crippen molar-refractivity contribution in [2.24, 2.45) is 0 Å². The molecular weight excluding hydrogens is 619 g/mol. The third-order valence-electron chi connectivity index (χ3n) is 5.94. The van der Waals surface area contributed by atoms with Gasteiger partial charge in [0, 0.05) is 29.4 Å². The van der Waals surface area contributed by atoms with Crippen LogP contribution in [0.4, 0.5) is 13.2 Å². The van der Waals surface area contributed by atoms with Crippen molar-refractivity contribution in [2.45, 2.75) is 36.6 Å². The van der Waals surface area contributed by atoms with Crippen LogP contribution in [-0.4, -0.2) is 77.0 Å². The van der Waals surface area contributed by atoms with E-state index in [2.05, 4.69) is 41.3 Å². The van der Waals surface area contributed by atoms with Gasteiger partial charge in [0.2, 0.25) is 0 Å². The summed E-state index contributed by atoms with van der Waals surface area (Å²) in [4.78, 5) is 7.71. The number of aliphatic hydroxyl groups is 2. The van der Waals surface area contributed by atoms with Crippen LogP contribution in [0.5, 0.6) is 0 Å². The topological polar surface area (TPSA) is 133 Å². The number of hydrogen-bond acceptors (Lipinski definition) is 10. The van der Waals surface area contributed by atoms with E-state index in [4.69, 9.17) is 21.1 Å². The normalized spacial score (nSPS) is 24.2. The summed E-state index contributed by atoms with van der Waals surface area (Å²) in [5.74, 6) is 0. The fourth-order valence-corrected chi connectivity index (χ4v) is 5.54. The van der Waals surface area contributed by atoms with Gasteiger partial charge in [-0.1, -0.05) is 16.8 Å². The van der Waals surface area contributed by atoms with Crippen LogP contribution in [0, 0.1) is 0 Å². The predicted octanol–water partition coefficient (Wildman–Crippen LogP) is 3.47. The summed E-state index contributed by atoms with van der Waals surface area (Å²) in [6.45, 7) is -0.589. The number of methoxy groups -OCH3 is 1. The number of rotatable bonds is 6. The molecule has 1 aliphatic heterocycles. The largest absolute Gasteiger partial charge is 0.435 e. The number of alkyl halides is 3. The Labute approximate surface area is 229 Å². The molecule has 0 saturated carbocycles. The molecule has 4 aromatic heterocycles. The third kappa shape index (κ3) is 4.97. The maximum absolute atomic E-state index is 13.8. The van der Waals surface area contributed by atoms with Crippen LogP contribution in [0.1, 0.15) is 23.5 Å². The Balaban J connectivity index is 1.58. The molecule has 0 bridgehead atoms. The van der Waals surface area contributed by atoms with Crippen molar-refractivity contribution in [2.75, 3.05) is 13.7 Å². The summed E-state index contributed by atoms with van der Waals surface area (Å²) < 4.78 is 55.8. The van der Waals surface area contributed by atoms with E-state index in [-0.39, 0.29) is 16.5 Å². The molecule has 5 heterocycles. The molecule has 11 nitrogen and oxygen atoms in total. The first kappa shape index (κ1) is 27.1. The van der Waals surface area contributed by atoms with E-state index in [0.717, 1.165) is 10.9 Å². The van der Waals surface area contributed by atoms with Gasteiger partial charge in [-0.05, 0) is 28.1 Å². The van der Waals surface area contributed by atoms with Gasteiger partial charge in [-0.2, -0.15) is 18.3 Å². The Hall–Kier alpha value is -2.47. The molecule has 1 saturated heterocycles. The van der Waals surface area contributed by atoms with Crippen LogP contribution >= 0.6 is 38.9 Å². The summed E-state index contributed by atoms with van der Waals surface area (Å²) in [5.41, 5.74) is -0.955. The second-order valence-electron chi connectivity index (χ2n) is 8.21. The molecule has 0 unspecified atom stereocenters. The molecule has 2 N–H and O–H groups in total. The van der Waals surface area contributed by atoms with Gasteiger partial charge in [-0.15, -0.1) is 16.4 Å². The number of ether oxygens (including phenoxy) is 2. The number of hydrogen-bond donors (Lipinski definition) is 2. The molecule has 5 rings (SSSR count). The van der Waals surface area contributed by atoms with Crippen LogP contribution in [0.3, 0.4) is 0 Å². The average molecular weight is 637 g/mol. The van der Waals surface area contributed by atoms with Gasteiger partial charge in [0.25, 0.3) is 0 Å². The third-order valence-corrected chi connectivity index (χ3v) is 7.57. The second kappa shape index (κ2) is 10.6. The van der Waals surface area contributed by atoms with Crippen molar-refractivity contribution in [3.8, 4) is 16.4 Å². The zero-order chi connectivity index (χ0) is 27.2. The molecule has 0 aliphatic carbocycles. The lowest BCUT2D eigenvalue weighted by Crippen LogP contribution is -2.53. The lowest BCUT2D eigenvalue weighted by molar-refractivity contribution is -0.216. The molecule has 202 valence electrons. The molecule has 0 amide bonds. The fraction of sp³-hybridized carbons (Fsp3) is 0.381. The highest BCUT2D eigenvalue weighted by atomic mass is 79.9. The van der Waals surface area contributed by atoms with Crippen LogP contribution in [0.15, 0.2) is 40.6 Å². The van der Waals surface area contributed by atoms with E-state index in [1.54, 1.807) is 5.38 Å². The van der Waals surface area contributed by atoms with E-state index in [1.807, 2.05) is 0 Å². The van der Waals surface area contributed by atoms with E-state index >= 15 is 0 Å². The van der Waals surface area contributed by atoms with Gasteiger partial charge in [0.15, 0.2) is 5.69 Å². The van der Waals surface area contributed by atoms with Crippen LogP contribution in [0.2, 0.25) is 5.15 Å². The lowest BCUT2D eigenvalue weighted by Gasteiger charge is -2.43. The molecule has 0 radical (unpaired) electrons. The predicted molar refractivity (Wildman–Crippen MR) is 131 cm³/mol. The minimum absolute atomic E-state index is 0.171. The number of nitrogens with zero attached hydrogens (tertiary/aromatic N) is 7. The van der Waals surface area contributed by atoms with E-state index in [0.29, 0.717) is 15.2 Å². The molecule has 0 aromatic carbocycles. The lowest BCUT2D eigenvalue weighted by atomic mass is 9.91. The molecule has 4 aromatic rings. The van der Waals surface area contributed by atoms with E-state index < -0.39 is 48.9 Å². The Morgan fingerprint density at radius 1 is 1.34 bits per heavy atom. The molecule has 1 aliphatic rings. The summed E-state index contributed by atoms with van der Waals surface area (Å²) in [5, 5.41) is 35.8. The first-order valence-corrected chi connectivity index (χ1v) is 12.9. The van der Waals surface area contributed by atoms with Gasteiger partial charge in [0.05, 0.1) is 24.2 Å². The van der Waals surface area contributed by atoms with Crippen LogP contribution < -0.4 is 0 Å². The van der Waals surface area contributed by atoms with Gasteiger partial charge < -0.3 is 19.7 Å². The Kier molecular flexibility index (Phi) is 7.56. The molecule has 38 heavy (non-hydrogen) atoms. The zero-order valence-electron chi connectivity index (χ0n) is 19.2. The van der Waals surface area contributed by atoms with E-state index in [1.165, 1.54) is 47.7 Å².